The summed E-state index contributed by atoms with van der Waals surface area (Å²) in [6.07, 6.45) is -0.135. The van der Waals surface area contributed by atoms with E-state index in [0.29, 0.717) is 12.1 Å². The number of benzene rings is 1. The number of carboxylic acids is 1. The van der Waals surface area contributed by atoms with Crippen LogP contribution in [0.5, 0.6) is 0 Å². The highest BCUT2D eigenvalue weighted by molar-refractivity contribution is 5.99. The van der Waals surface area contributed by atoms with Gasteiger partial charge in [0.25, 0.3) is 0 Å². The SMILES string of the molecule is Cc1ccc(C(=O)C(CC(=O)O)CN(C)C)cc1C. The second-order valence-electron chi connectivity index (χ2n) is 5.22. The molecule has 1 aromatic rings. The first-order valence-electron chi connectivity index (χ1n) is 6.29. The van der Waals surface area contributed by atoms with Gasteiger partial charge in [-0.05, 0) is 45.1 Å². The maximum atomic E-state index is 12.4. The monoisotopic (exact) mass is 263 g/mol. The van der Waals surface area contributed by atoms with E-state index in [-0.39, 0.29) is 12.2 Å². The normalized spacial score (nSPS) is 12.5. The minimum Gasteiger partial charge on any atom is -0.481 e. The van der Waals surface area contributed by atoms with Gasteiger partial charge < -0.3 is 10.0 Å². The lowest BCUT2D eigenvalue weighted by Crippen LogP contribution is -2.30. The Morgan fingerprint density at radius 2 is 1.84 bits per heavy atom. The van der Waals surface area contributed by atoms with E-state index < -0.39 is 11.9 Å². The van der Waals surface area contributed by atoms with Crippen LogP contribution < -0.4 is 0 Å². The Hall–Kier alpha value is -1.68. The van der Waals surface area contributed by atoms with Crippen molar-refractivity contribution in [1.82, 2.24) is 4.90 Å². The number of carbonyl (C=O) groups is 2. The standard InChI is InChI=1S/C15H21NO3/c1-10-5-6-12(7-11(10)2)15(19)13(8-14(17)18)9-16(3)4/h5-7,13H,8-9H2,1-4H3,(H,17,18). The first-order valence-corrected chi connectivity index (χ1v) is 6.29. The molecule has 1 unspecified atom stereocenters. The van der Waals surface area contributed by atoms with Crippen molar-refractivity contribution >= 4 is 11.8 Å². The first-order chi connectivity index (χ1) is 8.81. The molecule has 0 fully saturated rings. The molecule has 4 heteroatoms. The third-order valence-corrected chi connectivity index (χ3v) is 3.17. The minimum atomic E-state index is -0.941. The van der Waals surface area contributed by atoms with E-state index in [1.807, 2.05) is 45.0 Å². The number of carbonyl (C=O) groups excluding carboxylic acids is 1. The van der Waals surface area contributed by atoms with Crippen LogP contribution in [0.15, 0.2) is 18.2 Å². The largest absolute Gasteiger partial charge is 0.481 e. The van der Waals surface area contributed by atoms with Gasteiger partial charge in [-0.2, -0.15) is 0 Å². The average molecular weight is 263 g/mol. The lowest BCUT2D eigenvalue weighted by atomic mass is 9.92. The predicted octanol–water partition coefficient (Wildman–Crippen LogP) is 2.14. The van der Waals surface area contributed by atoms with Crippen LogP contribution in [0.2, 0.25) is 0 Å². The van der Waals surface area contributed by atoms with E-state index in [9.17, 15) is 9.59 Å². The molecule has 0 aromatic heterocycles. The Balaban J connectivity index is 2.97. The van der Waals surface area contributed by atoms with E-state index in [1.165, 1.54) is 0 Å². The van der Waals surface area contributed by atoms with Gasteiger partial charge in [0.2, 0.25) is 0 Å². The zero-order valence-corrected chi connectivity index (χ0v) is 11.9. The van der Waals surface area contributed by atoms with Crippen LogP contribution in [0.3, 0.4) is 0 Å². The Kier molecular flexibility index (Phi) is 5.24. The Morgan fingerprint density at radius 1 is 1.21 bits per heavy atom. The molecule has 1 rings (SSSR count). The summed E-state index contributed by atoms with van der Waals surface area (Å²) in [5, 5.41) is 8.92. The van der Waals surface area contributed by atoms with Crippen molar-refractivity contribution in [3.8, 4) is 0 Å². The van der Waals surface area contributed by atoms with Crippen molar-refractivity contribution in [3.05, 3.63) is 34.9 Å². The Bertz CT molecular complexity index is 480. The summed E-state index contributed by atoms with van der Waals surface area (Å²) < 4.78 is 0. The lowest BCUT2D eigenvalue weighted by molar-refractivity contribution is -0.137. The van der Waals surface area contributed by atoms with E-state index in [4.69, 9.17) is 5.11 Å². The maximum absolute atomic E-state index is 12.4. The second kappa shape index (κ2) is 6.48. The molecule has 1 atom stereocenters. The number of rotatable bonds is 6. The van der Waals surface area contributed by atoms with Gasteiger partial charge in [0, 0.05) is 18.0 Å². The molecule has 0 aliphatic heterocycles. The van der Waals surface area contributed by atoms with Crippen LogP contribution in [0.25, 0.3) is 0 Å². The smallest absolute Gasteiger partial charge is 0.304 e. The fourth-order valence-electron chi connectivity index (χ4n) is 2.02. The predicted molar refractivity (Wildman–Crippen MR) is 74.5 cm³/mol. The molecular weight excluding hydrogens is 242 g/mol. The number of Topliss-reactive ketones (excluding diaryl/α,β-unsaturated/α-hetero) is 1. The van der Waals surface area contributed by atoms with Gasteiger partial charge in [-0.1, -0.05) is 12.1 Å². The Morgan fingerprint density at radius 3 is 2.32 bits per heavy atom. The van der Waals surface area contributed by atoms with Crippen LogP contribution in [0, 0.1) is 19.8 Å². The molecule has 0 spiro atoms. The molecule has 0 radical (unpaired) electrons. The van der Waals surface area contributed by atoms with Crippen molar-refractivity contribution in [2.45, 2.75) is 20.3 Å². The van der Waals surface area contributed by atoms with Crippen molar-refractivity contribution in [1.29, 1.82) is 0 Å². The highest BCUT2D eigenvalue weighted by Crippen LogP contribution is 2.17. The van der Waals surface area contributed by atoms with Crippen molar-refractivity contribution in [2.24, 2.45) is 5.92 Å². The summed E-state index contributed by atoms with van der Waals surface area (Å²) in [7, 11) is 3.67. The van der Waals surface area contributed by atoms with Gasteiger partial charge in [0.05, 0.1) is 6.42 Å². The number of hydrogen-bond acceptors (Lipinski definition) is 3. The lowest BCUT2D eigenvalue weighted by Gasteiger charge is -2.18. The van der Waals surface area contributed by atoms with Crippen molar-refractivity contribution < 1.29 is 14.7 Å². The third-order valence-electron chi connectivity index (χ3n) is 3.17. The Labute approximate surface area is 114 Å². The second-order valence-corrected chi connectivity index (χ2v) is 5.22. The summed E-state index contributed by atoms with van der Waals surface area (Å²) in [6, 6.07) is 5.51. The molecule has 0 aliphatic rings. The molecule has 1 N–H and O–H groups in total. The van der Waals surface area contributed by atoms with Crippen molar-refractivity contribution in [3.63, 3.8) is 0 Å². The quantitative estimate of drug-likeness (QED) is 0.799. The molecule has 0 saturated heterocycles. The fourth-order valence-corrected chi connectivity index (χ4v) is 2.02. The molecule has 1 aromatic carbocycles. The van der Waals surface area contributed by atoms with Crippen LogP contribution in [0.1, 0.15) is 27.9 Å². The molecule has 0 heterocycles. The number of aryl methyl sites for hydroxylation is 2. The van der Waals surface area contributed by atoms with E-state index in [1.54, 1.807) is 6.07 Å². The summed E-state index contributed by atoms with van der Waals surface area (Å²) in [6.45, 7) is 4.38. The number of carboxylic acid groups (broad SMARTS) is 1. The van der Waals surface area contributed by atoms with Gasteiger partial charge in [-0.15, -0.1) is 0 Å². The summed E-state index contributed by atoms with van der Waals surface area (Å²) in [5.41, 5.74) is 2.76. The highest BCUT2D eigenvalue weighted by atomic mass is 16.4. The minimum absolute atomic E-state index is 0.0980. The van der Waals surface area contributed by atoms with Crippen molar-refractivity contribution in [2.75, 3.05) is 20.6 Å². The summed E-state index contributed by atoms with van der Waals surface area (Å²) in [5.74, 6) is -1.54. The molecule has 0 aliphatic carbocycles. The fraction of sp³-hybridized carbons (Fsp3) is 0.467. The van der Waals surface area contributed by atoms with Crippen LogP contribution in [0.4, 0.5) is 0 Å². The topological polar surface area (TPSA) is 57.6 Å². The summed E-state index contributed by atoms with van der Waals surface area (Å²) in [4.78, 5) is 25.1. The van der Waals surface area contributed by atoms with Crippen LogP contribution >= 0.6 is 0 Å². The van der Waals surface area contributed by atoms with Gasteiger partial charge in [-0.25, -0.2) is 0 Å². The van der Waals surface area contributed by atoms with E-state index in [2.05, 4.69) is 0 Å². The number of aliphatic carboxylic acids is 1. The third kappa shape index (κ3) is 4.48. The molecular formula is C15H21NO3. The van der Waals surface area contributed by atoms with Crippen LogP contribution in [-0.4, -0.2) is 42.4 Å². The summed E-state index contributed by atoms with van der Waals surface area (Å²) >= 11 is 0. The molecule has 19 heavy (non-hydrogen) atoms. The van der Waals surface area contributed by atoms with Gasteiger partial charge >= 0.3 is 5.97 Å². The molecule has 0 amide bonds. The zero-order chi connectivity index (χ0) is 14.6. The average Bonchev–Trinajstić information content (AvgIpc) is 2.29. The molecule has 0 bridgehead atoms. The number of ketones is 1. The van der Waals surface area contributed by atoms with Gasteiger partial charge in [-0.3, -0.25) is 9.59 Å². The number of hydrogen-bond donors (Lipinski definition) is 1. The van der Waals surface area contributed by atoms with Gasteiger partial charge in [0.1, 0.15) is 0 Å². The highest BCUT2D eigenvalue weighted by Gasteiger charge is 2.23. The maximum Gasteiger partial charge on any atom is 0.304 e. The van der Waals surface area contributed by atoms with E-state index in [0.717, 1.165) is 11.1 Å². The molecule has 4 nitrogen and oxygen atoms in total. The first kappa shape index (κ1) is 15.4. The molecule has 0 saturated carbocycles. The van der Waals surface area contributed by atoms with Crippen LogP contribution in [-0.2, 0) is 4.79 Å². The molecule has 104 valence electrons. The van der Waals surface area contributed by atoms with E-state index >= 15 is 0 Å². The zero-order valence-electron chi connectivity index (χ0n) is 11.9. The van der Waals surface area contributed by atoms with Gasteiger partial charge in [0.15, 0.2) is 5.78 Å². The number of nitrogens with zero attached hydrogens (tertiary/aromatic N) is 1.